The Morgan fingerprint density at radius 2 is 1.50 bits per heavy atom. The molecule has 10 nitrogen and oxygen atoms in total. The molecule has 4 rings (SSSR count). The molecule has 44 heavy (non-hydrogen) atoms. The average Bonchev–Trinajstić information content (AvgIpc) is 3.37. The van der Waals surface area contributed by atoms with Crippen LogP contribution in [0.25, 0.3) is 0 Å². The predicted molar refractivity (Wildman–Crippen MR) is 168 cm³/mol. The fourth-order valence-corrected chi connectivity index (χ4v) is 6.05. The molecule has 1 heterocycles. The van der Waals surface area contributed by atoms with Gasteiger partial charge in [-0.3, -0.25) is 4.79 Å². The number of carbonyl (C=O) groups excluding carboxylic acids is 3. The second-order valence-electron chi connectivity index (χ2n) is 11.0. The summed E-state index contributed by atoms with van der Waals surface area (Å²) < 4.78 is 15.3. The maximum Gasteiger partial charge on any atom is 0.330 e. The lowest BCUT2D eigenvalue weighted by Crippen LogP contribution is -2.58. The van der Waals surface area contributed by atoms with Crippen LogP contribution in [0.3, 0.4) is 0 Å². The van der Waals surface area contributed by atoms with Crippen LogP contribution in [0.1, 0.15) is 30.5 Å². The van der Waals surface area contributed by atoms with E-state index in [4.69, 9.17) is 14.2 Å². The average molecular weight is 622 g/mol. The molecule has 3 aromatic carbocycles. The zero-order valence-electron chi connectivity index (χ0n) is 25.3. The lowest BCUT2D eigenvalue weighted by Gasteiger charge is -2.32. The Balaban J connectivity index is 1.45. The fourth-order valence-electron chi connectivity index (χ4n) is 4.92. The van der Waals surface area contributed by atoms with Gasteiger partial charge in [-0.05, 0) is 61.2 Å². The van der Waals surface area contributed by atoms with E-state index in [9.17, 15) is 19.5 Å². The van der Waals surface area contributed by atoms with Gasteiger partial charge in [0.05, 0.1) is 26.1 Å². The zero-order chi connectivity index (χ0) is 31.7. The van der Waals surface area contributed by atoms with Crippen LogP contribution >= 0.6 is 11.8 Å². The van der Waals surface area contributed by atoms with Crippen molar-refractivity contribution in [2.24, 2.45) is 0 Å². The number of amides is 3. The molecular formula is C33H39N3O7S. The SMILES string of the molecule is COc1ccc(CNC(=O)N[C@@H](Cc2ccccc2)[C@H](O)C(=O)N2CSC(C)(C)C2C(=O)OCc2ccc(OC)cc2)cc1. The molecule has 1 fully saturated rings. The van der Waals surface area contributed by atoms with Gasteiger partial charge in [-0.15, -0.1) is 11.8 Å². The van der Waals surface area contributed by atoms with Crippen molar-refractivity contribution in [3.8, 4) is 11.5 Å². The second kappa shape index (κ2) is 15.0. The van der Waals surface area contributed by atoms with Crippen LogP contribution < -0.4 is 20.1 Å². The molecule has 0 spiro atoms. The molecule has 11 heteroatoms. The monoisotopic (exact) mass is 621 g/mol. The maximum absolute atomic E-state index is 13.8. The van der Waals surface area contributed by atoms with Gasteiger partial charge in [0.2, 0.25) is 0 Å². The van der Waals surface area contributed by atoms with Gasteiger partial charge in [-0.2, -0.15) is 0 Å². The van der Waals surface area contributed by atoms with Crippen molar-refractivity contribution < 1.29 is 33.7 Å². The number of urea groups is 1. The van der Waals surface area contributed by atoms with Gasteiger partial charge in [-0.1, -0.05) is 54.6 Å². The van der Waals surface area contributed by atoms with Gasteiger partial charge in [0.1, 0.15) is 24.1 Å². The number of thioether (sulfide) groups is 1. The first-order chi connectivity index (χ1) is 21.1. The van der Waals surface area contributed by atoms with Crippen LogP contribution in [0.15, 0.2) is 78.9 Å². The van der Waals surface area contributed by atoms with Crippen molar-refractivity contribution in [3.05, 3.63) is 95.6 Å². The topological polar surface area (TPSA) is 126 Å². The van der Waals surface area contributed by atoms with Gasteiger partial charge in [0.25, 0.3) is 5.91 Å². The molecule has 0 bridgehead atoms. The van der Waals surface area contributed by atoms with Crippen molar-refractivity contribution in [2.45, 2.75) is 56.4 Å². The highest BCUT2D eigenvalue weighted by atomic mass is 32.2. The lowest BCUT2D eigenvalue weighted by atomic mass is 9.97. The maximum atomic E-state index is 13.8. The second-order valence-corrected chi connectivity index (χ2v) is 12.6. The number of carbonyl (C=O) groups is 3. The number of aliphatic hydroxyl groups is 1. The fraction of sp³-hybridized carbons (Fsp3) is 0.364. The van der Waals surface area contributed by atoms with Crippen molar-refractivity contribution in [1.29, 1.82) is 0 Å². The molecule has 0 radical (unpaired) electrons. The Hall–Kier alpha value is -4.22. The first kappa shape index (κ1) is 32.7. The first-order valence-electron chi connectivity index (χ1n) is 14.2. The van der Waals surface area contributed by atoms with Crippen LogP contribution in [0, 0.1) is 0 Å². The van der Waals surface area contributed by atoms with Crippen LogP contribution in [0.5, 0.6) is 11.5 Å². The molecule has 1 aliphatic rings. The van der Waals surface area contributed by atoms with E-state index >= 15 is 0 Å². The van der Waals surface area contributed by atoms with E-state index < -0.39 is 40.8 Å². The number of hydrogen-bond donors (Lipinski definition) is 3. The minimum Gasteiger partial charge on any atom is -0.497 e. The molecule has 0 aliphatic carbocycles. The molecule has 234 valence electrons. The third-order valence-electron chi connectivity index (χ3n) is 7.45. The van der Waals surface area contributed by atoms with Crippen molar-refractivity contribution in [2.75, 3.05) is 20.1 Å². The minimum atomic E-state index is -1.62. The van der Waals surface area contributed by atoms with E-state index in [1.165, 1.54) is 16.7 Å². The Morgan fingerprint density at radius 3 is 2.09 bits per heavy atom. The van der Waals surface area contributed by atoms with E-state index in [2.05, 4.69) is 10.6 Å². The van der Waals surface area contributed by atoms with Gasteiger partial charge < -0.3 is 34.9 Å². The van der Waals surface area contributed by atoms with Gasteiger partial charge >= 0.3 is 12.0 Å². The van der Waals surface area contributed by atoms with E-state index in [0.717, 1.165) is 16.7 Å². The summed E-state index contributed by atoms with van der Waals surface area (Å²) in [5, 5.41) is 17.0. The third kappa shape index (κ3) is 8.45. The van der Waals surface area contributed by atoms with Gasteiger partial charge in [0, 0.05) is 11.3 Å². The molecule has 1 unspecified atom stereocenters. The summed E-state index contributed by atoms with van der Waals surface area (Å²) in [5.41, 5.74) is 2.45. The predicted octanol–water partition coefficient (Wildman–Crippen LogP) is 3.90. The van der Waals surface area contributed by atoms with Crippen molar-refractivity contribution in [1.82, 2.24) is 15.5 Å². The molecule has 1 aliphatic heterocycles. The lowest BCUT2D eigenvalue weighted by molar-refractivity contribution is -0.159. The van der Waals surface area contributed by atoms with Gasteiger partial charge in [-0.25, -0.2) is 9.59 Å². The summed E-state index contributed by atoms with van der Waals surface area (Å²) in [7, 11) is 3.15. The van der Waals surface area contributed by atoms with Crippen molar-refractivity contribution in [3.63, 3.8) is 0 Å². The Bertz CT molecular complexity index is 1400. The number of benzene rings is 3. The molecule has 3 amide bonds. The Morgan fingerprint density at radius 1 is 0.909 bits per heavy atom. The summed E-state index contributed by atoms with van der Waals surface area (Å²) >= 11 is 1.42. The number of methoxy groups -OCH3 is 2. The molecule has 3 aromatic rings. The summed E-state index contributed by atoms with van der Waals surface area (Å²) in [6.45, 7) is 3.99. The van der Waals surface area contributed by atoms with Crippen LogP contribution in [-0.4, -0.2) is 70.9 Å². The molecular weight excluding hydrogens is 582 g/mol. The number of aliphatic hydroxyl groups excluding tert-OH is 1. The summed E-state index contributed by atoms with van der Waals surface area (Å²) in [6, 6.07) is 21.2. The Kier molecular flexibility index (Phi) is 11.1. The molecule has 3 atom stereocenters. The normalized spacial score (nSPS) is 16.8. The number of esters is 1. The minimum absolute atomic E-state index is 0.0250. The van der Waals surface area contributed by atoms with E-state index in [1.54, 1.807) is 50.6 Å². The summed E-state index contributed by atoms with van der Waals surface area (Å²) in [5.74, 6) is 0.348. The number of ether oxygens (including phenoxy) is 3. The summed E-state index contributed by atoms with van der Waals surface area (Å²) in [4.78, 5) is 41.5. The van der Waals surface area contributed by atoms with E-state index in [1.807, 2.05) is 56.3 Å². The standard InChI is InChI=1S/C33H39N3O7S/c1-33(2)29(31(39)43-20-24-12-16-26(42-4)17-13-24)36(21-44-33)30(38)28(37)27(18-22-8-6-5-7-9-22)35-32(40)34-19-23-10-14-25(41-3)15-11-23/h5-17,27-29,37H,18-21H2,1-4H3,(H2,34,35,40)/t27-,28-,29?/m0/s1. The van der Waals surface area contributed by atoms with E-state index in [-0.39, 0.29) is 25.4 Å². The van der Waals surface area contributed by atoms with E-state index in [0.29, 0.717) is 11.5 Å². The smallest absolute Gasteiger partial charge is 0.330 e. The Labute approximate surface area is 262 Å². The first-order valence-corrected chi connectivity index (χ1v) is 15.2. The van der Waals surface area contributed by atoms with Crippen LogP contribution in [-0.2, 0) is 33.9 Å². The highest BCUT2D eigenvalue weighted by Gasteiger charge is 2.50. The van der Waals surface area contributed by atoms with Crippen molar-refractivity contribution >= 4 is 29.7 Å². The zero-order valence-corrected chi connectivity index (χ0v) is 26.1. The molecule has 0 aromatic heterocycles. The highest BCUT2D eigenvalue weighted by molar-refractivity contribution is 8.00. The van der Waals surface area contributed by atoms with Crippen LogP contribution in [0.2, 0.25) is 0 Å². The largest absolute Gasteiger partial charge is 0.497 e. The third-order valence-corrected chi connectivity index (χ3v) is 8.83. The molecule has 0 saturated carbocycles. The summed E-state index contributed by atoms with van der Waals surface area (Å²) in [6.07, 6.45) is -1.42. The number of hydrogen-bond acceptors (Lipinski definition) is 8. The quantitative estimate of drug-likeness (QED) is 0.260. The van der Waals surface area contributed by atoms with Gasteiger partial charge in [0.15, 0.2) is 6.10 Å². The number of nitrogens with one attached hydrogen (secondary N) is 2. The van der Waals surface area contributed by atoms with Crippen LogP contribution in [0.4, 0.5) is 4.79 Å². The highest BCUT2D eigenvalue weighted by Crippen LogP contribution is 2.40. The number of rotatable bonds is 12. The molecule has 3 N–H and O–H groups in total. The molecule has 1 saturated heterocycles. The number of nitrogens with zero attached hydrogens (tertiary/aromatic N) is 1.